The molecule has 0 saturated heterocycles. The Kier molecular flexibility index (Phi) is 4.11. The molecule has 1 aliphatic rings. The standard InChI is InChI=1S/C14H11F2NO4/c1-2-21-12(18)4-3-5-17-11-7-10(16)9(15)6-8(11)13(19)14(17)20/h3-4,6-7H,2,5H2,1H3/b4-3+. The number of carbonyl (C=O) groups excluding carboxylic acids is 3. The van der Waals surface area contributed by atoms with Crippen molar-refractivity contribution in [2.45, 2.75) is 6.92 Å². The summed E-state index contributed by atoms with van der Waals surface area (Å²) in [6.07, 6.45) is 2.40. The molecule has 0 unspecified atom stereocenters. The summed E-state index contributed by atoms with van der Waals surface area (Å²) in [5.74, 6) is -4.76. The van der Waals surface area contributed by atoms with Gasteiger partial charge in [0.1, 0.15) is 0 Å². The van der Waals surface area contributed by atoms with E-state index >= 15 is 0 Å². The highest BCUT2D eigenvalue weighted by Crippen LogP contribution is 2.30. The van der Waals surface area contributed by atoms with Crippen LogP contribution in [0.2, 0.25) is 0 Å². The van der Waals surface area contributed by atoms with Crippen LogP contribution in [0.4, 0.5) is 14.5 Å². The predicted molar refractivity (Wildman–Crippen MR) is 68.8 cm³/mol. The van der Waals surface area contributed by atoms with E-state index < -0.39 is 29.3 Å². The summed E-state index contributed by atoms with van der Waals surface area (Å²) in [5.41, 5.74) is -0.208. The Balaban J connectivity index is 2.23. The quantitative estimate of drug-likeness (QED) is 0.481. The lowest BCUT2D eigenvalue weighted by Gasteiger charge is -2.13. The van der Waals surface area contributed by atoms with Crippen molar-refractivity contribution in [3.8, 4) is 0 Å². The number of ether oxygens (including phenoxy) is 1. The van der Waals surface area contributed by atoms with Gasteiger partial charge in [0.05, 0.1) is 17.9 Å². The van der Waals surface area contributed by atoms with Crippen molar-refractivity contribution in [2.24, 2.45) is 0 Å². The van der Waals surface area contributed by atoms with Crippen molar-refractivity contribution >= 4 is 23.3 Å². The molecule has 0 saturated carbocycles. The summed E-state index contributed by atoms with van der Waals surface area (Å²) in [6, 6.07) is 1.48. The number of halogens is 2. The third kappa shape index (κ3) is 2.81. The first-order chi connectivity index (χ1) is 9.95. The van der Waals surface area contributed by atoms with E-state index in [9.17, 15) is 23.2 Å². The van der Waals surface area contributed by atoms with E-state index in [1.807, 2.05) is 0 Å². The highest BCUT2D eigenvalue weighted by atomic mass is 19.2. The summed E-state index contributed by atoms with van der Waals surface area (Å²) in [5, 5.41) is 0. The molecule has 0 bridgehead atoms. The topological polar surface area (TPSA) is 63.7 Å². The molecule has 0 N–H and O–H groups in total. The highest BCUT2D eigenvalue weighted by Gasteiger charge is 2.36. The molecule has 5 nitrogen and oxygen atoms in total. The van der Waals surface area contributed by atoms with Gasteiger partial charge in [0, 0.05) is 18.7 Å². The summed E-state index contributed by atoms with van der Waals surface area (Å²) >= 11 is 0. The molecule has 0 spiro atoms. The van der Waals surface area contributed by atoms with E-state index in [0.717, 1.165) is 17.0 Å². The summed E-state index contributed by atoms with van der Waals surface area (Å²) in [4.78, 5) is 35.5. The lowest BCUT2D eigenvalue weighted by atomic mass is 10.1. The number of carbonyl (C=O) groups is 3. The van der Waals surface area contributed by atoms with Gasteiger partial charge < -0.3 is 9.64 Å². The number of rotatable bonds is 4. The fourth-order valence-electron chi connectivity index (χ4n) is 1.91. The molecule has 21 heavy (non-hydrogen) atoms. The molecule has 0 fully saturated rings. The summed E-state index contributed by atoms with van der Waals surface area (Å²) in [6.45, 7) is 1.72. The van der Waals surface area contributed by atoms with Crippen LogP contribution in [-0.2, 0) is 14.3 Å². The number of Topliss-reactive ketones (excluding diaryl/α,β-unsaturated/α-hetero) is 1. The van der Waals surface area contributed by atoms with Crippen LogP contribution in [0.15, 0.2) is 24.3 Å². The van der Waals surface area contributed by atoms with Gasteiger partial charge in [-0.3, -0.25) is 9.59 Å². The Morgan fingerprint density at radius 3 is 2.62 bits per heavy atom. The van der Waals surface area contributed by atoms with Gasteiger partial charge in [-0.15, -0.1) is 0 Å². The Hall–Kier alpha value is -2.57. The van der Waals surface area contributed by atoms with Crippen LogP contribution in [0.25, 0.3) is 0 Å². The van der Waals surface area contributed by atoms with E-state index in [2.05, 4.69) is 4.74 Å². The minimum absolute atomic E-state index is 0.0163. The lowest BCUT2D eigenvalue weighted by Crippen LogP contribution is -2.29. The third-order valence-electron chi connectivity index (χ3n) is 2.84. The van der Waals surface area contributed by atoms with Crippen molar-refractivity contribution in [2.75, 3.05) is 18.1 Å². The van der Waals surface area contributed by atoms with Crippen LogP contribution >= 0.6 is 0 Å². The zero-order chi connectivity index (χ0) is 15.6. The zero-order valence-electron chi connectivity index (χ0n) is 11.1. The number of amides is 1. The fourth-order valence-corrected chi connectivity index (χ4v) is 1.91. The van der Waals surface area contributed by atoms with E-state index in [0.29, 0.717) is 6.07 Å². The molecular weight excluding hydrogens is 284 g/mol. The molecule has 0 aliphatic carbocycles. The summed E-state index contributed by atoms with van der Waals surface area (Å²) in [7, 11) is 0. The van der Waals surface area contributed by atoms with E-state index in [1.165, 1.54) is 6.08 Å². The van der Waals surface area contributed by atoms with Crippen LogP contribution < -0.4 is 4.90 Å². The number of nitrogens with zero attached hydrogens (tertiary/aromatic N) is 1. The molecule has 2 rings (SSSR count). The Bertz CT molecular complexity index is 655. The maximum Gasteiger partial charge on any atom is 0.330 e. The van der Waals surface area contributed by atoms with Crippen LogP contribution in [0.1, 0.15) is 17.3 Å². The van der Waals surface area contributed by atoms with Gasteiger partial charge in [-0.05, 0) is 13.0 Å². The number of ketones is 1. The number of benzene rings is 1. The smallest absolute Gasteiger partial charge is 0.330 e. The highest BCUT2D eigenvalue weighted by molar-refractivity contribution is 6.52. The van der Waals surface area contributed by atoms with Crippen LogP contribution in [0.5, 0.6) is 0 Å². The molecule has 1 aromatic rings. The monoisotopic (exact) mass is 295 g/mol. The second-order valence-electron chi connectivity index (χ2n) is 4.18. The Morgan fingerprint density at radius 1 is 1.29 bits per heavy atom. The maximum atomic E-state index is 13.2. The molecule has 7 heteroatoms. The number of anilines is 1. The first-order valence-electron chi connectivity index (χ1n) is 6.14. The fraction of sp³-hybridized carbons (Fsp3) is 0.214. The van der Waals surface area contributed by atoms with Crippen LogP contribution in [0.3, 0.4) is 0 Å². The lowest BCUT2D eigenvalue weighted by molar-refractivity contribution is -0.137. The molecule has 110 valence electrons. The van der Waals surface area contributed by atoms with Gasteiger partial charge in [-0.1, -0.05) is 6.08 Å². The second-order valence-corrected chi connectivity index (χ2v) is 4.18. The third-order valence-corrected chi connectivity index (χ3v) is 2.84. The number of esters is 1. The number of fused-ring (bicyclic) bond motifs is 1. The molecular formula is C14H11F2NO4. The molecule has 0 aromatic heterocycles. The minimum atomic E-state index is -1.20. The van der Waals surface area contributed by atoms with Gasteiger partial charge in [0.25, 0.3) is 11.7 Å². The zero-order valence-corrected chi connectivity index (χ0v) is 11.1. The number of hydrogen-bond donors (Lipinski definition) is 0. The van der Waals surface area contributed by atoms with Crippen molar-refractivity contribution in [1.82, 2.24) is 0 Å². The molecule has 1 heterocycles. The molecule has 1 aliphatic heterocycles. The van der Waals surface area contributed by atoms with Gasteiger partial charge in [-0.2, -0.15) is 0 Å². The predicted octanol–water partition coefficient (Wildman–Crippen LogP) is 1.61. The van der Waals surface area contributed by atoms with E-state index in [4.69, 9.17) is 0 Å². The van der Waals surface area contributed by atoms with Gasteiger partial charge in [0.15, 0.2) is 11.6 Å². The van der Waals surface area contributed by atoms with E-state index in [-0.39, 0.29) is 24.4 Å². The second kappa shape index (κ2) is 5.82. The van der Waals surface area contributed by atoms with Crippen molar-refractivity contribution in [3.63, 3.8) is 0 Å². The van der Waals surface area contributed by atoms with Crippen LogP contribution in [-0.4, -0.2) is 30.8 Å². The largest absolute Gasteiger partial charge is 0.463 e. The first-order valence-corrected chi connectivity index (χ1v) is 6.14. The van der Waals surface area contributed by atoms with E-state index in [1.54, 1.807) is 6.92 Å². The number of hydrogen-bond acceptors (Lipinski definition) is 4. The molecule has 0 atom stereocenters. The normalized spacial score (nSPS) is 14.0. The van der Waals surface area contributed by atoms with Gasteiger partial charge in [-0.25, -0.2) is 13.6 Å². The minimum Gasteiger partial charge on any atom is -0.463 e. The van der Waals surface area contributed by atoms with Crippen molar-refractivity contribution < 1.29 is 27.9 Å². The molecule has 1 amide bonds. The van der Waals surface area contributed by atoms with Gasteiger partial charge >= 0.3 is 5.97 Å². The summed E-state index contributed by atoms with van der Waals surface area (Å²) < 4.78 is 31.0. The molecule has 1 aromatic carbocycles. The Morgan fingerprint density at radius 2 is 1.95 bits per heavy atom. The molecule has 0 radical (unpaired) electrons. The SMILES string of the molecule is CCOC(=O)/C=C/CN1C(=O)C(=O)c2cc(F)c(F)cc21. The average molecular weight is 295 g/mol. The first kappa shape index (κ1) is 14.8. The van der Waals surface area contributed by atoms with Crippen LogP contribution in [0, 0.1) is 11.6 Å². The van der Waals surface area contributed by atoms with Gasteiger partial charge in [0.2, 0.25) is 0 Å². The van der Waals surface area contributed by atoms with Crippen molar-refractivity contribution in [1.29, 1.82) is 0 Å². The Labute approximate surface area is 118 Å². The average Bonchev–Trinajstić information content (AvgIpc) is 2.65. The maximum absolute atomic E-state index is 13.2. The van der Waals surface area contributed by atoms with Crippen molar-refractivity contribution in [3.05, 3.63) is 41.5 Å².